The standard InChI is InChI=1S/C22H30N4O4S/c1-22(2,3)21(28)25-18-11-8-10-17(13-18)23-15-20(27)24-14-16-9-6-7-12-19(16)31(29,30)26(4)5/h6-13,23H,14-15H2,1-5H3,(H,24,27)(H,25,28). The number of hydrogen-bond donors (Lipinski definition) is 3. The van der Waals surface area contributed by atoms with E-state index in [1.165, 1.54) is 20.2 Å². The van der Waals surface area contributed by atoms with E-state index >= 15 is 0 Å². The third-order valence-electron chi connectivity index (χ3n) is 4.46. The second-order valence-corrected chi connectivity index (χ2v) is 10.4. The Morgan fingerprint density at radius 2 is 1.61 bits per heavy atom. The summed E-state index contributed by atoms with van der Waals surface area (Å²) in [6.45, 7) is 5.58. The van der Waals surface area contributed by atoms with E-state index in [4.69, 9.17) is 0 Å². The average molecular weight is 447 g/mol. The largest absolute Gasteiger partial charge is 0.376 e. The Hall–Kier alpha value is -2.91. The van der Waals surface area contributed by atoms with Crippen molar-refractivity contribution < 1.29 is 18.0 Å². The smallest absolute Gasteiger partial charge is 0.242 e. The molecule has 0 saturated heterocycles. The highest BCUT2D eigenvalue weighted by Crippen LogP contribution is 2.20. The summed E-state index contributed by atoms with van der Waals surface area (Å²) >= 11 is 0. The molecule has 0 spiro atoms. The van der Waals surface area contributed by atoms with Gasteiger partial charge in [0.25, 0.3) is 0 Å². The fraction of sp³-hybridized carbons (Fsp3) is 0.364. The van der Waals surface area contributed by atoms with E-state index in [1.54, 1.807) is 42.5 Å². The van der Waals surface area contributed by atoms with Gasteiger partial charge in [0.1, 0.15) is 0 Å². The summed E-state index contributed by atoms with van der Waals surface area (Å²) < 4.78 is 26.0. The van der Waals surface area contributed by atoms with E-state index in [9.17, 15) is 18.0 Å². The number of carbonyl (C=O) groups excluding carboxylic acids is 2. The maximum atomic E-state index is 12.4. The molecule has 168 valence electrons. The summed E-state index contributed by atoms with van der Waals surface area (Å²) in [6.07, 6.45) is 0. The van der Waals surface area contributed by atoms with Gasteiger partial charge in [0, 0.05) is 37.4 Å². The fourth-order valence-electron chi connectivity index (χ4n) is 2.56. The van der Waals surface area contributed by atoms with Gasteiger partial charge in [-0.15, -0.1) is 0 Å². The van der Waals surface area contributed by atoms with Crippen LogP contribution in [0.15, 0.2) is 53.4 Å². The van der Waals surface area contributed by atoms with Crippen LogP contribution in [0.25, 0.3) is 0 Å². The number of nitrogens with one attached hydrogen (secondary N) is 3. The fourth-order valence-corrected chi connectivity index (χ4v) is 3.68. The molecule has 0 bridgehead atoms. The van der Waals surface area contributed by atoms with Gasteiger partial charge in [-0.05, 0) is 29.8 Å². The Morgan fingerprint density at radius 3 is 2.26 bits per heavy atom. The van der Waals surface area contributed by atoms with Gasteiger partial charge in [0.05, 0.1) is 11.4 Å². The molecule has 0 aliphatic carbocycles. The van der Waals surface area contributed by atoms with Gasteiger partial charge in [-0.3, -0.25) is 9.59 Å². The zero-order valence-electron chi connectivity index (χ0n) is 18.5. The first-order valence-corrected chi connectivity index (χ1v) is 11.3. The molecule has 2 rings (SSSR count). The topological polar surface area (TPSA) is 108 Å². The summed E-state index contributed by atoms with van der Waals surface area (Å²) in [5, 5.41) is 8.59. The lowest BCUT2D eigenvalue weighted by Gasteiger charge is -2.18. The molecule has 0 fully saturated rings. The maximum Gasteiger partial charge on any atom is 0.242 e. The van der Waals surface area contributed by atoms with Gasteiger partial charge in [-0.25, -0.2) is 12.7 Å². The van der Waals surface area contributed by atoms with Crippen molar-refractivity contribution in [3.05, 3.63) is 54.1 Å². The predicted octanol–water partition coefficient (Wildman–Crippen LogP) is 2.65. The molecule has 0 aliphatic rings. The summed E-state index contributed by atoms with van der Waals surface area (Å²) in [5.74, 6) is -0.394. The van der Waals surface area contributed by atoms with Gasteiger partial charge in [0.2, 0.25) is 21.8 Å². The number of rotatable bonds is 8. The van der Waals surface area contributed by atoms with Crippen LogP contribution < -0.4 is 16.0 Å². The lowest BCUT2D eigenvalue weighted by atomic mass is 9.95. The zero-order valence-corrected chi connectivity index (χ0v) is 19.3. The monoisotopic (exact) mass is 446 g/mol. The minimum atomic E-state index is -3.60. The Bertz CT molecular complexity index is 1040. The first-order valence-electron chi connectivity index (χ1n) is 9.84. The van der Waals surface area contributed by atoms with Crippen LogP contribution in [0.4, 0.5) is 11.4 Å². The first kappa shape index (κ1) is 24.4. The van der Waals surface area contributed by atoms with Crippen LogP contribution in [0, 0.1) is 5.41 Å². The number of hydrogen-bond acceptors (Lipinski definition) is 5. The molecule has 0 aromatic heterocycles. The van der Waals surface area contributed by atoms with E-state index < -0.39 is 15.4 Å². The van der Waals surface area contributed by atoms with Crippen molar-refractivity contribution >= 4 is 33.2 Å². The molecule has 0 unspecified atom stereocenters. The molecule has 0 aliphatic heterocycles. The molecule has 0 atom stereocenters. The second-order valence-electron chi connectivity index (χ2n) is 8.31. The molecule has 2 aromatic rings. The molecule has 3 N–H and O–H groups in total. The van der Waals surface area contributed by atoms with E-state index in [0.717, 1.165) is 4.31 Å². The van der Waals surface area contributed by atoms with Crippen molar-refractivity contribution in [1.82, 2.24) is 9.62 Å². The van der Waals surface area contributed by atoms with Gasteiger partial charge >= 0.3 is 0 Å². The third kappa shape index (κ3) is 6.80. The number of anilines is 2. The Morgan fingerprint density at radius 1 is 0.968 bits per heavy atom. The van der Waals surface area contributed by atoms with Gasteiger partial charge in [-0.2, -0.15) is 0 Å². The molecule has 0 radical (unpaired) electrons. The highest BCUT2D eigenvalue weighted by molar-refractivity contribution is 7.89. The third-order valence-corrected chi connectivity index (χ3v) is 6.38. The summed E-state index contributed by atoms with van der Waals surface area (Å²) in [5.41, 5.74) is 1.31. The van der Waals surface area contributed by atoms with Gasteiger partial charge in [0.15, 0.2) is 0 Å². The summed E-state index contributed by atoms with van der Waals surface area (Å²) in [6, 6.07) is 13.7. The Kier molecular flexibility index (Phi) is 7.80. The lowest BCUT2D eigenvalue weighted by molar-refractivity contribution is -0.123. The molecular weight excluding hydrogens is 416 g/mol. The second kappa shape index (κ2) is 9.93. The molecule has 0 saturated carbocycles. The highest BCUT2D eigenvalue weighted by Gasteiger charge is 2.22. The predicted molar refractivity (Wildman–Crippen MR) is 122 cm³/mol. The lowest BCUT2D eigenvalue weighted by Crippen LogP contribution is -2.31. The average Bonchev–Trinajstić information content (AvgIpc) is 2.70. The number of sulfonamides is 1. The molecule has 9 heteroatoms. The minimum Gasteiger partial charge on any atom is -0.376 e. The number of benzene rings is 2. The van der Waals surface area contributed by atoms with Crippen LogP contribution in [0.3, 0.4) is 0 Å². The van der Waals surface area contributed by atoms with Crippen LogP contribution in [0.5, 0.6) is 0 Å². The number of amides is 2. The summed E-state index contributed by atoms with van der Waals surface area (Å²) in [4.78, 5) is 24.6. The Labute approximate surface area is 184 Å². The SMILES string of the molecule is CN(C)S(=O)(=O)c1ccccc1CNC(=O)CNc1cccc(NC(=O)C(C)(C)C)c1. The van der Waals surface area contributed by atoms with E-state index in [0.29, 0.717) is 16.9 Å². The zero-order chi connectivity index (χ0) is 23.2. The normalized spacial score (nSPS) is 11.8. The molecule has 8 nitrogen and oxygen atoms in total. The van der Waals surface area contributed by atoms with Crippen molar-refractivity contribution in [3.63, 3.8) is 0 Å². The molecule has 31 heavy (non-hydrogen) atoms. The first-order chi connectivity index (χ1) is 14.4. The summed E-state index contributed by atoms with van der Waals surface area (Å²) in [7, 11) is -0.674. The van der Waals surface area contributed by atoms with Crippen LogP contribution in [-0.2, 0) is 26.2 Å². The van der Waals surface area contributed by atoms with E-state index in [1.807, 2.05) is 20.8 Å². The van der Waals surface area contributed by atoms with Crippen LogP contribution in [-0.4, -0.2) is 45.2 Å². The minimum absolute atomic E-state index is 0.000726. The number of carbonyl (C=O) groups is 2. The van der Waals surface area contributed by atoms with Crippen molar-refractivity contribution in [2.24, 2.45) is 5.41 Å². The van der Waals surface area contributed by atoms with Gasteiger partial charge < -0.3 is 16.0 Å². The van der Waals surface area contributed by atoms with Crippen molar-refractivity contribution in [1.29, 1.82) is 0 Å². The maximum absolute atomic E-state index is 12.4. The van der Waals surface area contributed by atoms with Crippen LogP contribution >= 0.6 is 0 Å². The van der Waals surface area contributed by atoms with Crippen molar-refractivity contribution in [3.8, 4) is 0 Å². The molecule has 0 heterocycles. The van der Waals surface area contributed by atoms with E-state index in [2.05, 4.69) is 16.0 Å². The van der Waals surface area contributed by atoms with Gasteiger partial charge in [-0.1, -0.05) is 45.0 Å². The molecule has 2 aromatic carbocycles. The van der Waals surface area contributed by atoms with Crippen molar-refractivity contribution in [2.75, 3.05) is 31.3 Å². The number of nitrogens with zero attached hydrogens (tertiary/aromatic N) is 1. The molecule has 2 amide bonds. The molecular formula is C22H30N4O4S. The van der Waals surface area contributed by atoms with Crippen molar-refractivity contribution in [2.45, 2.75) is 32.2 Å². The quantitative estimate of drug-likeness (QED) is 0.578. The Balaban J connectivity index is 1.96. The van der Waals surface area contributed by atoms with E-state index in [-0.39, 0.29) is 29.8 Å². The highest BCUT2D eigenvalue weighted by atomic mass is 32.2. The van der Waals surface area contributed by atoms with Crippen LogP contribution in [0.2, 0.25) is 0 Å². The van der Waals surface area contributed by atoms with Crippen LogP contribution in [0.1, 0.15) is 26.3 Å².